The van der Waals surface area contributed by atoms with Crippen LogP contribution in [0.3, 0.4) is 0 Å². The monoisotopic (exact) mass is 423 g/mol. The van der Waals surface area contributed by atoms with E-state index in [2.05, 4.69) is 20.8 Å². The number of hydrogen-bond donors (Lipinski definition) is 1. The highest BCUT2D eigenvalue weighted by Gasteiger charge is 2.21. The molecule has 1 amide bonds. The first-order valence-electron chi connectivity index (χ1n) is 7.84. The fraction of sp³-hybridized carbons (Fsp3) is 0.176. The van der Waals surface area contributed by atoms with E-state index in [4.69, 9.17) is 27.9 Å². The van der Waals surface area contributed by atoms with Crippen LogP contribution in [-0.4, -0.2) is 38.5 Å². The molecule has 0 aliphatic rings. The van der Waals surface area contributed by atoms with Crippen molar-refractivity contribution < 1.29 is 9.53 Å². The first-order chi connectivity index (χ1) is 13.0. The van der Waals surface area contributed by atoms with Gasteiger partial charge in [-0.3, -0.25) is 4.79 Å². The number of thioether (sulfide) groups is 1. The van der Waals surface area contributed by atoms with Gasteiger partial charge >= 0.3 is 0 Å². The van der Waals surface area contributed by atoms with Crippen LogP contribution in [0.4, 0.5) is 5.69 Å². The van der Waals surface area contributed by atoms with Crippen molar-refractivity contribution >= 4 is 46.6 Å². The SMILES string of the molecule is COc1ccccc1-n1nnnc1SC(C)C(=O)Nc1c(Cl)cccc1Cl. The Morgan fingerprint density at radius 2 is 1.89 bits per heavy atom. The van der Waals surface area contributed by atoms with E-state index in [1.807, 2.05) is 18.2 Å². The van der Waals surface area contributed by atoms with Gasteiger partial charge in [0, 0.05) is 0 Å². The molecule has 7 nitrogen and oxygen atoms in total. The summed E-state index contributed by atoms with van der Waals surface area (Å²) < 4.78 is 6.87. The molecule has 0 bridgehead atoms. The molecule has 140 valence electrons. The number of rotatable bonds is 6. The molecule has 3 rings (SSSR count). The molecule has 27 heavy (non-hydrogen) atoms. The van der Waals surface area contributed by atoms with E-state index in [-0.39, 0.29) is 5.91 Å². The number of tetrazole rings is 1. The molecule has 1 atom stereocenters. The van der Waals surface area contributed by atoms with Crippen molar-refractivity contribution in [2.75, 3.05) is 12.4 Å². The molecule has 10 heteroatoms. The molecule has 1 heterocycles. The van der Waals surface area contributed by atoms with E-state index < -0.39 is 5.25 Å². The third-order valence-corrected chi connectivity index (χ3v) is 5.28. The Morgan fingerprint density at radius 3 is 2.59 bits per heavy atom. The molecule has 0 saturated carbocycles. The molecular weight excluding hydrogens is 409 g/mol. The molecular formula is C17H15Cl2N5O2S. The number of aromatic nitrogens is 4. The summed E-state index contributed by atoms with van der Waals surface area (Å²) in [5.41, 5.74) is 1.05. The van der Waals surface area contributed by atoms with Crippen molar-refractivity contribution in [1.29, 1.82) is 0 Å². The predicted octanol–water partition coefficient (Wildman–Crippen LogP) is 4.10. The van der Waals surface area contributed by atoms with Crippen LogP contribution in [0.15, 0.2) is 47.6 Å². The molecule has 3 aromatic rings. The van der Waals surface area contributed by atoms with Gasteiger partial charge in [0.15, 0.2) is 0 Å². The van der Waals surface area contributed by atoms with Gasteiger partial charge in [0.1, 0.15) is 11.4 Å². The zero-order chi connectivity index (χ0) is 19.4. The molecule has 2 aromatic carbocycles. The lowest BCUT2D eigenvalue weighted by Crippen LogP contribution is -2.23. The number of carbonyl (C=O) groups is 1. The van der Waals surface area contributed by atoms with Gasteiger partial charge in [-0.1, -0.05) is 53.2 Å². The topological polar surface area (TPSA) is 81.9 Å². The van der Waals surface area contributed by atoms with Crippen LogP contribution >= 0.6 is 35.0 Å². The van der Waals surface area contributed by atoms with Crippen LogP contribution in [0.5, 0.6) is 5.75 Å². The van der Waals surface area contributed by atoms with Crippen LogP contribution in [0, 0.1) is 0 Å². The fourth-order valence-corrected chi connectivity index (χ4v) is 3.55. The number of methoxy groups -OCH3 is 1. The maximum Gasteiger partial charge on any atom is 0.237 e. The summed E-state index contributed by atoms with van der Waals surface area (Å²) >= 11 is 13.4. The van der Waals surface area contributed by atoms with Crippen LogP contribution < -0.4 is 10.1 Å². The third-order valence-electron chi connectivity index (χ3n) is 3.62. The number of benzene rings is 2. The smallest absolute Gasteiger partial charge is 0.237 e. The van der Waals surface area contributed by atoms with E-state index in [1.165, 1.54) is 16.4 Å². The van der Waals surface area contributed by atoms with Crippen LogP contribution in [0.25, 0.3) is 5.69 Å². The van der Waals surface area contributed by atoms with Crippen molar-refractivity contribution in [3.8, 4) is 11.4 Å². The Labute approximate surface area is 170 Å². The van der Waals surface area contributed by atoms with E-state index in [0.717, 1.165) is 0 Å². The summed E-state index contributed by atoms with van der Waals surface area (Å²) in [6, 6.07) is 12.4. The van der Waals surface area contributed by atoms with Crippen LogP contribution in [0.2, 0.25) is 10.0 Å². The van der Waals surface area contributed by atoms with Crippen molar-refractivity contribution in [2.24, 2.45) is 0 Å². The summed E-state index contributed by atoms with van der Waals surface area (Å²) in [4.78, 5) is 12.6. The second-order valence-electron chi connectivity index (χ2n) is 5.39. The standard InChI is InChI=1S/C17H15Cl2N5O2S/c1-10(16(25)20-15-11(18)6-5-7-12(15)19)27-17-21-22-23-24(17)13-8-3-4-9-14(13)26-2/h3-10H,1-2H3,(H,20,25). The summed E-state index contributed by atoms with van der Waals surface area (Å²) in [5.74, 6) is 0.344. The third kappa shape index (κ3) is 4.35. The minimum Gasteiger partial charge on any atom is -0.494 e. The van der Waals surface area contributed by atoms with Crippen LogP contribution in [-0.2, 0) is 4.79 Å². The Bertz CT molecular complexity index is 946. The molecule has 0 fully saturated rings. The molecule has 1 aromatic heterocycles. The highest BCUT2D eigenvalue weighted by atomic mass is 35.5. The van der Waals surface area contributed by atoms with Crippen molar-refractivity contribution in [3.63, 3.8) is 0 Å². The van der Waals surface area contributed by atoms with Gasteiger partial charge in [-0.05, 0) is 41.6 Å². The number of hydrogen-bond acceptors (Lipinski definition) is 6. The number of amides is 1. The van der Waals surface area contributed by atoms with E-state index >= 15 is 0 Å². The molecule has 1 N–H and O–H groups in total. The van der Waals surface area contributed by atoms with E-state index in [9.17, 15) is 4.79 Å². The Morgan fingerprint density at radius 1 is 1.19 bits per heavy atom. The van der Waals surface area contributed by atoms with Crippen LogP contribution in [0.1, 0.15) is 6.92 Å². The summed E-state index contributed by atoms with van der Waals surface area (Å²) in [5, 5.41) is 15.2. The maximum atomic E-state index is 12.6. The Balaban J connectivity index is 1.78. The number of halogens is 2. The molecule has 0 radical (unpaired) electrons. The summed E-state index contributed by atoms with van der Waals surface area (Å²) in [6.45, 7) is 1.74. The van der Waals surface area contributed by atoms with Gasteiger partial charge in [-0.2, -0.15) is 4.68 Å². The number of ether oxygens (including phenoxy) is 1. The fourth-order valence-electron chi connectivity index (χ4n) is 2.26. The van der Waals surface area contributed by atoms with Gasteiger partial charge in [-0.15, -0.1) is 5.10 Å². The lowest BCUT2D eigenvalue weighted by molar-refractivity contribution is -0.115. The second kappa shape index (κ2) is 8.60. The molecule has 0 spiro atoms. The number of para-hydroxylation sites is 3. The summed E-state index contributed by atoms with van der Waals surface area (Å²) in [7, 11) is 1.57. The van der Waals surface area contributed by atoms with Gasteiger partial charge in [0.25, 0.3) is 0 Å². The molecule has 0 aliphatic heterocycles. The van der Waals surface area contributed by atoms with Gasteiger partial charge in [0.05, 0.1) is 28.1 Å². The zero-order valence-corrected chi connectivity index (χ0v) is 16.7. The largest absolute Gasteiger partial charge is 0.494 e. The zero-order valence-electron chi connectivity index (χ0n) is 14.4. The molecule has 0 aliphatic carbocycles. The molecule has 1 unspecified atom stereocenters. The van der Waals surface area contributed by atoms with E-state index in [1.54, 1.807) is 38.3 Å². The van der Waals surface area contributed by atoms with Crippen molar-refractivity contribution in [1.82, 2.24) is 20.2 Å². The minimum atomic E-state index is -0.503. The van der Waals surface area contributed by atoms with Gasteiger partial charge in [0.2, 0.25) is 11.1 Å². The molecule has 0 saturated heterocycles. The Hall–Kier alpha value is -2.29. The number of nitrogens with zero attached hydrogens (tertiary/aromatic N) is 4. The number of nitrogens with one attached hydrogen (secondary N) is 1. The average molecular weight is 424 g/mol. The predicted molar refractivity (Wildman–Crippen MR) is 106 cm³/mol. The van der Waals surface area contributed by atoms with Crippen molar-refractivity contribution in [2.45, 2.75) is 17.3 Å². The first kappa shape index (κ1) is 19.5. The Kier molecular flexibility index (Phi) is 6.20. The first-order valence-corrected chi connectivity index (χ1v) is 9.48. The average Bonchev–Trinajstić information content (AvgIpc) is 3.12. The lowest BCUT2D eigenvalue weighted by Gasteiger charge is -2.14. The second-order valence-corrected chi connectivity index (χ2v) is 7.51. The van der Waals surface area contributed by atoms with E-state index in [0.29, 0.717) is 32.3 Å². The quantitative estimate of drug-likeness (QED) is 0.600. The summed E-state index contributed by atoms with van der Waals surface area (Å²) in [6.07, 6.45) is 0. The highest BCUT2D eigenvalue weighted by Crippen LogP contribution is 2.32. The van der Waals surface area contributed by atoms with Crippen molar-refractivity contribution in [3.05, 3.63) is 52.5 Å². The maximum absolute atomic E-state index is 12.6. The van der Waals surface area contributed by atoms with Gasteiger partial charge in [-0.25, -0.2) is 0 Å². The number of carbonyl (C=O) groups excluding carboxylic acids is 1. The van der Waals surface area contributed by atoms with Gasteiger partial charge < -0.3 is 10.1 Å². The number of anilines is 1. The highest BCUT2D eigenvalue weighted by molar-refractivity contribution is 8.00. The minimum absolute atomic E-state index is 0.274. The normalized spacial score (nSPS) is 11.9. The lowest BCUT2D eigenvalue weighted by atomic mass is 10.3.